The molecule has 6 nitrogen and oxygen atoms in total. The standard InChI is InChI=1S/C18H22N4O2S/c1-11-3-5-13(6-4-11)16(24)12(2)25-18-21-20-17(14-7-8-14)22(18)10-9-15(19)23/h3-6,12,14H,7-10H2,1-2H3,(H2,19,23). The van der Waals surface area contributed by atoms with Crippen LogP contribution in [0.15, 0.2) is 29.4 Å². The molecule has 1 saturated carbocycles. The Hall–Kier alpha value is -2.15. The molecule has 1 amide bonds. The minimum absolute atomic E-state index is 0.0578. The number of aryl methyl sites for hydroxylation is 1. The number of ketones is 1. The molecular formula is C18H22N4O2S. The molecule has 7 heteroatoms. The highest BCUT2D eigenvalue weighted by molar-refractivity contribution is 8.00. The molecule has 1 unspecified atom stereocenters. The number of nitrogens with zero attached hydrogens (tertiary/aromatic N) is 3. The summed E-state index contributed by atoms with van der Waals surface area (Å²) >= 11 is 1.38. The molecule has 1 heterocycles. The van der Waals surface area contributed by atoms with E-state index in [1.165, 1.54) is 11.8 Å². The highest BCUT2D eigenvalue weighted by Gasteiger charge is 2.31. The molecule has 3 rings (SSSR count). The van der Waals surface area contributed by atoms with E-state index in [-0.39, 0.29) is 23.4 Å². The second-order valence-electron chi connectivity index (χ2n) is 6.47. The number of amides is 1. The van der Waals surface area contributed by atoms with Crippen LogP contribution in [0.4, 0.5) is 0 Å². The quantitative estimate of drug-likeness (QED) is 0.579. The van der Waals surface area contributed by atoms with Gasteiger partial charge in [0.1, 0.15) is 5.82 Å². The summed E-state index contributed by atoms with van der Waals surface area (Å²) in [6.07, 6.45) is 2.43. The van der Waals surface area contributed by atoms with E-state index in [1.807, 2.05) is 42.7 Å². The molecule has 2 N–H and O–H groups in total. The third-order valence-corrected chi connectivity index (χ3v) is 5.34. The summed E-state index contributed by atoms with van der Waals surface area (Å²) in [7, 11) is 0. The second-order valence-corrected chi connectivity index (χ2v) is 7.78. The molecule has 1 aromatic heterocycles. The summed E-state index contributed by atoms with van der Waals surface area (Å²) in [5.74, 6) is 1.02. The Morgan fingerprint density at radius 3 is 2.56 bits per heavy atom. The third kappa shape index (κ3) is 4.28. The van der Waals surface area contributed by atoms with Crippen LogP contribution < -0.4 is 5.73 Å². The minimum atomic E-state index is -0.352. The van der Waals surface area contributed by atoms with E-state index < -0.39 is 0 Å². The maximum absolute atomic E-state index is 12.6. The van der Waals surface area contributed by atoms with Crippen molar-refractivity contribution >= 4 is 23.5 Å². The molecule has 1 aliphatic rings. The van der Waals surface area contributed by atoms with Crippen molar-refractivity contribution in [2.45, 2.75) is 56.0 Å². The molecule has 25 heavy (non-hydrogen) atoms. The Kier molecular flexibility index (Phi) is 5.22. The van der Waals surface area contributed by atoms with Crippen LogP contribution >= 0.6 is 11.8 Å². The van der Waals surface area contributed by atoms with Gasteiger partial charge in [0.15, 0.2) is 10.9 Å². The van der Waals surface area contributed by atoms with Gasteiger partial charge in [-0.15, -0.1) is 10.2 Å². The van der Waals surface area contributed by atoms with Gasteiger partial charge in [-0.1, -0.05) is 41.6 Å². The van der Waals surface area contributed by atoms with E-state index >= 15 is 0 Å². The fourth-order valence-corrected chi connectivity index (χ4v) is 3.59. The average Bonchev–Trinajstić information content (AvgIpc) is 3.35. The molecule has 0 saturated heterocycles. The van der Waals surface area contributed by atoms with Crippen LogP contribution in [0.5, 0.6) is 0 Å². The van der Waals surface area contributed by atoms with Crippen molar-refractivity contribution in [1.82, 2.24) is 14.8 Å². The van der Waals surface area contributed by atoms with Gasteiger partial charge in [-0.3, -0.25) is 9.59 Å². The predicted molar refractivity (Wildman–Crippen MR) is 96.6 cm³/mol. The number of aromatic nitrogens is 3. The zero-order chi connectivity index (χ0) is 18.0. The van der Waals surface area contributed by atoms with Crippen molar-refractivity contribution in [3.63, 3.8) is 0 Å². The van der Waals surface area contributed by atoms with E-state index in [4.69, 9.17) is 5.73 Å². The van der Waals surface area contributed by atoms with Gasteiger partial charge >= 0.3 is 0 Å². The SMILES string of the molecule is Cc1ccc(C(=O)C(C)Sc2nnc(C3CC3)n2CCC(N)=O)cc1. The van der Waals surface area contributed by atoms with Crippen LogP contribution in [0.25, 0.3) is 0 Å². The van der Waals surface area contributed by atoms with Gasteiger partial charge in [0.25, 0.3) is 0 Å². The van der Waals surface area contributed by atoms with Gasteiger partial charge in [0, 0.05) is 24.4 Å². The monoisotopic (exact) mass is 358 g/mol. The number of rotatable bonds is 8. The summed E-state index contributed by atoms with van der Waals surface area (Å²) in [6, 6.07) is 7.57. The minimum Gasteiger partial charge on any atom is -0.370 e. The first-order chi connectivity index (χ1) is 12.0. The molecule has 132 valence electrons. The third-order valence-electron chi connectivity index (χ3n) is 4.26. The van der Waals surface area contributed by atoms with Crippen LogP contribution in [0.1, 0.15) is 53.8 Å². The zero-order valence-corrected chi connectivity index (χ0v) is 15.3. The van der Waals surface area contributed by atoms with Crippen molar-refractivity contribution in [3.8, 4) is 0 Å². The lowest BCUT2D eigenvalue weighted by molar-refractivity contribution is -0.118. The number of carbonyl (C=O) groups is 2. The Balaban J connectivity index is 1.75. The summed E-state index contributed by atoms with van der Waals surface area (Å²) in [4.78, 5) is 23.8. The number of nitrogens with two attached hydrogens (primary N) is 1. The van der Waals surface area contributed by atoms with Crippen LogP contribution in [0.2, 0.25) is 0 Å². The molecule has 0 bridgehead atoms. The lowest BCUT2D eigenvalue weighted by atomic mass is 10.1. The number of benzene rings is 1. The molecule has 0 aliphatic heterocycles. The number of thioether (sulfide) groups is 1. The molecule has 1 aliphatic carbocycles. The molecule has 0 radical (unpaired) electrons. The largest absolute Gasteiger partial charge is 0.370 e. The highest BCUT2D eigenvalue weighted by atomic mass is 32.2. The van der Waals surface area contributed by atoms with Gasteiger partial charge in [-0.2, -0.15) is 0 Å². The molecule has 2 aromatic rings. The van der Waals surface area contributed by atoms with Crippen molar-refractivity contribution < 1.29 is 9.59 Å². The Morgan fingerprint density at radius 2 is 1.96 bits per heavy atom. The lowest BCUT2D eigenvalue weighted by Gasteiger charge is -2.12. The fraction of sp³-hybridized carbons (Fsp3) is 0.444. The van der Waals surface area contributed by atoms with Crippen molar-refractivity contribution in [2.24, 2.45) is 5.73 Å². The number of hydrogen-bond acceptors (Lipinski definition) is 5. The van der Waals surface area contributed by atoms with E-state index in [2.05, 4.69) is 10.2 Å². The average molecular weight is 358 g/mol. The first kappa shape index (κ1) is 17.7. The molecular weight excluding hydrogens is 336 g/mol. The van der Waals surface area contributed by atoms with Crippen molar-refractivity contribution in [1.29, 1.82) is 0 Å². The number of carbonyl (C=O) groups excluding carboxylic acids is 2. The zero-order valence-electron chi connectivity index (χ0n) is 14.4. The Labute approximate surface area is 151 Å². The molecule has 0 spiro atoms. The lowest BCUT2D eigenvalue weighted by Crippen LogP contribution is -2.17. The van der Waals surface area contributed by atoms with Crippen molar-refractivity contribution in [2.75, 3.05) is 0 Å². The summed E-state index contributed by atoms with van der Waals surface area (Å²) in [5, 5.41) is 8.93. The topological polar surface area (TPSA) is 90.9 Å². The van der Waals surface area contributed by atoms with Crippen molar-refractivity contribution in [3.05, 3.63) is 41.2 Å². The van der Waals surface area contributed by atoms with Crippen LogP contribution in [0, 0.1) is 6.92 Å². The molecule has 1 atom stereocenters. The van der Waals surface area contributed by atoms with Gasteiger partial charge in [-0.25, -0.2) is 0 Å². The molecule has 1 aromatic carbocycles. The maximum atomic E-state index is 12.6. The fourth-order valence-electron chi connectivity index (χ4n) is 2.63. The number of primary amides is 1. The smallest absolute Gasteiger partial charge is 0.219 e. The predicted octanol–water partition coefficient (Wildman–Crippen LogP) is 2.70. The van der Waals surface area contributed by atoms with Crippen LogP contribution in [-0.2, 0) is 11.3 Å². The first-order valence-electron chi connectivity index (χ1n) is 8.44. The van der Waals surface area contributed by atoms with Gasteiger partial charge in [-0.05, 0) is 26.7 Å². The van der Waals surface area contributed by atoms with Gasteiger partial charge < -0.3 is 10.3 Å². The second kappa shape index (κ2) is 7.39. The summed E-state index contributed by atoms with van der Waals surface area (Å²) < 4.78 is 1.95. The first-order valence-corrected chi connectivity index (χ1v) is 9.32. The molecule has 1 fully saturated rings. The normalized spacial score (nSPS) is 15.1. The van der Waals surface area contributed by atoms with Crippen LogP contribution in [0.3, 0.4) is 0 Å². The van der Waals surface area contributed by atoms with Gasteiger partial charge in [0.2, 0.25) is 5.91 Å². The Morgan fingerprint density at radius 1 is 1.28 bits per heavy atom. The van der Waals surface area contributed by atoms with E-state index in [1.54, 1.807) is 0 Å². The number of hydrogen-bond donors (Lipinski definition) is 1. The van der Waals surface area contributed by atoms with Crippen LogP contribution in [-0.4, -0.2) is 31.7 Å². The van der Waals surface area contributed by atoms with Gasteiger partial charge in [0.05, 0.1) is 5.25 Å². The van der Waals surface area contributed by atoms with E-state index in [0.29, 0.717) is 23.2 Å². The van der Waals surface area contributed by atoms with E-state index in [9.17, 15) is 9.59 Å². The maximum Gasteiger partial charge on any atom is 0.219 e. The summed E-state index contributed by atoms with van der Waals surface area (Å²) in [5.41, 5.74) is 7.10. The summed E-state index contributed by atoms with van der Waals surface area (Å²) in [6.45, 7) is 4.33. The highest BCUT2D eigenvalue weighted by Crippen LogP contribution is 2.40. The Bertz CT molecular complexity index is 781. The van der Waals surface area contributed by atoms with E-state index in [0.717, 1.165) is 24.2 Å². The number of Topliss-reactive ketones (excluding diaryl/α,β-unsaturated/α-hetero) is 1.